The highest BCUT2D eigenvalue weighted by Gasteiger charge is 2.13. The summed E-state index contributed by atoms with van der Waals surface area (Å²) >= 11 is 0. The molecule has 0 aliphatic rings. The van der Waals surface area contributed by atoms with Gasteiger partial charge in [-0.25, -0.2) is 19.3 Å². The zero-order chi connectivity index (χ0) is 13.2. The molecule has 0 fully saturated rings. The van der Waals surface area contributed by atoms with Gasteiger partial charge >= 0.3 is 0 Å². The quantitative estimate of drug-likeness (QED) is 0.751. The number of nitrogens with one attached hydrogen (secondary N) is 2. The third kappa shape index (κ3) is 2.10. The second kappa shape index (κ2) is 4.60. The number of H-pyrrole nitrogens is 1. The van der Waals surface area contributed by atoms with E-state index in [1.807, 2.05) is 6.92 Å². The van der Waals surface area contributed by atoms with Crippen molar-refractivity contribution in [2.24, 2.45) is 0 Å². The summed E-state index contributed by atoms with van der Waals surface area (Å²) in [6, 6.07) is 4.58. The maximum absolute atomic E-state index is 13.9. The first-order valence-corrected chi connectivity index (χ1v) is 5.76. The van der Waals surface area contributed by atoms with Crippen molar-refractivity contribution in [3.05, 3.63) is 42.5 Å². The first kappa shape index (κ1) is 11.5. The minimum absolute atomic E-state index is 0.166. The number of hydrogen-bond donors (Lipinski definition) is 2. The molecule has 19 heavy (non-hydrogen) atoms. The molecule has 3 rings (SSSR count). The molecule has 1 aromatic carbocycles. The van der Waals surface area contributed by atoms with Gasteiger partial charge in [-0.3, -0.25) is 5.10 Å². The lowest BCUT2D eigenvalue weighted by atomic mass is 10.2. The van der Waals surface area contributed by atoms with Crippen LogP contribution < -0.4 is 5.32 Å². The molecule has 3 aromatic rings. The first-order valence-electron chi connectivity index (χ1n) is 5.76. The highest BCUT2D eigenvalue weighted by atomic mass is 19.1. The van der Waals surface area contributed by atoms with Crippen LogP contribution in [-0.4, -0.2) is 25.1 Å². The molecule has 0 radical (unpaired) electrons. The maximum atomic E-state index is 13.9. The summed E-state index contributed by atoms with van der Waals surface area (Å²) in [5.41, 5.74) is 0.558. The van der Waals surface area contributed by atoms with Crippen molar-refractivity contribution in [2.75, 3.05) is 5.32 Å². The molecule has 0 aliphatic carbocycles. The maximum Gasteiger partial charge on any atom is 0.146 e. The molecule has 2 heterocycles. The van der Waals surface area contributed by atoms with Gasteiger partial charge in [-0.1, -0.05) is 6.07 Å². The van der Waals surface area contributed by atoms with Crippen LogP contribution in [0.1, 0.15) is 18.8 Å². The smallest absolute Gasteiger partial charge is 0.146 e. The third-order valence-electron chi connectivity index (χ3n) is 2.81. The molecule has 96 valence electrons. The van der Waals surface area contributed by atoms with Crippen molar-refractivity contribution in [3.63, 3.8) is 0 Å². The second-order valence-electron chi connectivity index (χ2n) is 4.09. The summed E-state index contributed by atoms with van der Waals surface area (Å²) < 4.78 is 13.9. The van der Waals surface area contributed by atoms with Crippen molar-refractivity contribution in [2.45, 2.75) is 13.0 Å². The molecule has 2 N–H and O–H groups in total. The summed E-state index contributed by atoms with van der Waals surface area (Å²) in [6.07, 6.45) is 2.82. The van der Waals surface area contributed by atoms with E-state index in [2.05, 4.69) is 30.5 Å². The lowest BCUT2D eigenvalue weighted by molar-refractivity contribution is 0.639. The van der Waals surface area contributed by atoms with Crippen LogP contribution in [0.2, 0.25) is 0 Å². The summed E-state index contributed by atoms with van der Waals surface area (Å²) in [4.78, 5) is 12.2. The summed E-state index contributed by atoms with van der Waals surface area (Å²) in [6.45, 7) is 1.88. The summed E-state index contributed by atoms with van der Waals surface area (Å²) in [5.74, 6) is 0.737. The molecule has 0 spiro atoms. The Hall–Kier alpha value is -2.57. The fraction of sp³-hybridized carbons (Fsp3) is 0.167. The fourth-order valence-electron chi connectivity index (χ4n) is 1.87. The van der Waals surface area contributed by atoms with Gasteiger partial charge in [-0.2, -0.15) is 5.10 Å². The normalized spacial score (nSPS) is 12.5. The molecular formula is C12H11FN6. The number of rotatable bonds is 3. The fourth-order valence-corrected chi connectivity index (χ4v) is 1.87. The van der Waals surface area contributed by atoms with Gasteiger partial charge < -0.3 is 5.32 Å². The molecule has 0 bridgehead atoms. The van der Waals surface area contributed by atoms with Gasteiger partial charge in [0.25, 0.3) is 0 Å². The molecule has 7 heteroatoms. The van der Waals surface area contributed by atoms with Crippen LogP contribution in [0.25, 0.3) is 10.9 Å². The number of hydrogen-bond acceptors (Lipinski definition) is 5. The Kier molecular flexibility index (Phi) is 2.79. The van der Waals surface area contributed by atoms with Crippen molar-refractivity contribution >= 4 is 16.7 Å². The van der Waals surface area contributed by atoms with E-state index in [0.29, 0.717) is 22.5 Å². The molecule has 0 saturated heterocycles. The van der Waals surface area contributed by atoms with Crippen LogP contribution in [0.5, 0.6) is 0 Å². The molecule has 0 aliphatic heterocycles. The van der Waals surface area contributed by atoms with Crippen molar-refractivity contribution in [1.29, 1.82) is 0 Å². The minimum atomic E-state index is -0.356. The molecule has 1 atom stereocenters. The van der Waals surface area contributed by atoms with Crippen LogP contribution in [-0.2, 0) is 0 Å². The van der Waals surface area contributed by atoms with Gasteiger partial charge in [-0.05, 0) is 19.1 Å². The minimum Gasteiger partial charge on any atom is -0.360 e. The summed E-state index contributed by atoms with van der Waals surface area (Å²) in [5, 5.41) is 10.0. The Morgan fingerprint density at radius 1 is 1.21 bits per heavy atom. The van der Waals surface area contributed by atoms with Gasteiger partial charge in [0.2, 0.25) is 0 Å². The van der Waals surface area contributed by atoms with Crippen molar-refractivity contribution in [3.8, 4) is 0 Å². The topological polar surface area (TPSA) is 79.4 Å². The molecule has 2 aromatic heterocycles. The Balaban J connectivity index is 2.01. The number of fused-ring (bicyclic) bond motifs is 1. The van der Waals surface area contributed by atoms with Gasteiger partial charge in [0.15, 0.2) is 0 Å². The van der Waals surface area contributed by atoms with E-state index in [4.69, 9.17) is 0 Å². The second-order valence-corrected chi connectivity index (χ2v) is 4.09. The SMILES string of the molecule is CC(Nc1ncnc2cccc(F)c12)c1ncn[nH]1. The monoisotopic (exact) mass is 258 g/mol. The molecule has 0 saturated carbocycles. The number of benzene rings is 1. The van der Waals surface area contributed by atoms with E-state index in [1.54, 1.807) is 12.1 Å². The Morgan fingerprint density at radius 2 is 2.11 bits per heavy atom. The largest absolute Gasteiger partial charge is 0.360 e. The molecule has 6 nitrogen and oxygen atoms in total. The van der Waals surface area contributed by atoms with E-state index < -0.39 is 0 Å². The van der Waals surface area contributed by atoms with E-state index >= 15 is 0 Å². The standard InChI is InChI=1S/C12H11FN6/c1-7(11-16-6-17-19-11)18-12-10-8(13)3-2-4-9(10)14-5-15-12/h2-7H,1H3,(H,14,15,18)(H,16,17,19). The van der Waals surface area contributed by atoms with E-state index in [-0.39, 0.29) is 11.9 Å². The highest BCUT2D eigenvalue weighted by molar-refractivity contribution is 5.89. The Bertz CT molecular complexity index is 691. The van der Waals surface area contributed by atoms with Gasteiger partial charge in [0.1, 0.15) is 30.1 Å². The van der Waals surface area contributed by atoms with Crippen LogP contribution in [0.15, 0.2) is 30.9 Å². The zero-order valence-electron chi connectivity index (χ0n) is 10.1. The van der Waals surface area contributed by atoms with E-state index in [0.717, 1.165) is 0 Å². The number of aromatic amines is 1. The average Bonchev–Trinajstić information content (AvgIpc) is 2.93. The average molecular weight is 258 g/mol. The predicted molar refractivity (Wildman–Crippen MR) is 67.9 cm³/mol. The Morgan fingerprint density at radius 3 is 2.89 bits per heavy atom. The first-order chi connectivity index (χ1) is 9.25. The summed E-state index contributed by atoms with van der Waals surface area (Å²) in [7, 11) is 0. The van der Waals surface area contributed by atoms with E-state index in [9.17, 15) is 4.39 Å². The molecular weight excluding hydrogens is 247 g/mol. The highest BCUT2D eigenvalue weighted by Crippen LogP contribution is 2.24. The van der Waals surface area contributed by atoms with Gasteiger partial charge in [0, 0.05) is 0 Å². The van der Waals surface area contributed by atoms with Crippen molar-refractivity contribution < 1.29 is 4.39 Å². The van der Waals surface area contributed by atoms with Crippen LogP contribution >= 0.6 is 0 Å². The number of nitrogens with zero attached hydrogens (tertiary/aromatic N) is 4. The Labute approximate surface area is 108 Å². The predicted octanol–water partition coefficient (Wildman–Crippen LogP) is 2.06. The van der Waals surface area contributed by atoms with Gasteiger partial charge in [-0.15, -0.1) is 0 Å². The molecule has 0 amide bonds. The zero-order valence-corrected chi connectivity index (χ0v) is 10.1. The van der Waals surface area contributed by atoms with E-state index in [1.165, 1.54) is 18.7 Å². The third-order valence-corrected chi connectivity index (χ3v) is 2.81. The number of anilines is 1. The lowest BCUT2D eigenvalue weighted by Gasteiger charge is -2.13. The van der Waals surface area contributed by atoms with Crippen molar-refractivity contribution in [1.82, 2.24) is 25.1 Å². The lowest BCUT2D eigenvalue weighted by Crippen LogP contribution is -2.10. The van der Waals surface area contributed by atoms with Crippen LogP contribution in [0, 0.1) is 5.82 Å². The number of aromatic nitrogens is 5. The number of halogens is 1. The van der Waals surface area contributed by atoms with Gasteiger partial charge in [0.05, 0.1) is 16.9 Å². The molecule has 1 unspecified atom stereocenters. The van der Waals surface area contributed by atoms with Crippen LogP contribution in [0.4, 0.5) is 10.2 Å². The van der Waals surface area contributed by atoms with Crippen LogP contribution in [0.3, 0.4) is 0 Å².